The summed E-state index contributed by atoms with van der Waals surface area (Å²) < 4.78 is 0. The van der Waals surface area contributed by atoms with Crippen LogP contribution in [0, 0.1) is 0 Å². The number of rotatable bonds is 10. The van der Waals surface area contributed by atoms with E-state index in [-0.39, 0.29) is 0 Å². The van der Waals surface area contributed by atoms with E-state index < -0.39 is 0 Å². The monoisotopic (exact) mass is 375 g/mol. The van der Waals surface area contributed by atoms with Crippen LogP contribution in [0.4, 0.5) is 5.95 Å². The van der Waals surface area contributed by atoms with Crippen LogP contribution in [0.25, 0.3) is 0 Å². The third-order valence-corrected chi connectivity index (χ3v) is 4.72. The van der Waals surface area contributed by atoms with Gasteiger partial charge >= 0.3 is 0 Å². The van der Waals surface area contributed by atoms with Crippen LogP contribution in [-0.4, -0.2) is 84.6 Å². The van der Waals surface area contributed by atoms with E-state index in [2.05, 4.69) is 50.8 Å². The van der Waals surface area contributed by atoms with Crippen LogP contribution in [0.5, 0.6) is 0 Å². The molecule has 1 aromatic rings. The van der Waals surface area contributed by atoms with Gasteiger partial charge in [0.15, 0.2) is 5.96 Å². The van der Waals surface area contributed by atoms with Crippen LogP contribution in [0.15, 0.2) is 23.5 Å². The van der Waals surface area contributed by atoms with Crippen molar-refractivity contribution in [2.45, 2.75) is 40.0 Å². The summed E-state index contributed by atoms with van der Waals surface area (Å²) in [5.74, 6) is 1.87. The molecule has 0 bridgehead atoms. The normalized spacial score (nSPS) is 15.5. The lowest BCUT2D eigenvalue weighted by Crippen LogP contribution is -2.53. The smallest absolute Gasteiger partial charge is 0.225 e. The Hall–Kier alpha value is -1.89. The number of aromatic nitrogens is 2. The first-order valence-corrected chi connectivity index (χ1v) is 10.6. The molecule has 0 aromatic carbocycles. The Morgan fingerprint density at radius 1 is 1.04 bits per heavy atom. The summed E-state index contributed by atoms with van der Waals surface area (Å²) >= 11 is 0. The molecule has 1 aromatic heterocycles. The van der Waals surface area contributed by atoms with Gasteiger partial charge in [0.05, 0.1) is 0 Å². The molecule has 1 saturated heterocycles. The van der Waals surface area contributed by atoms with E-state index in [1.54, 1.807) is 12.4 Å². The molecule has 2 rings (SSSR count). The van der Waals surface area contributed by atoms with Crippen LogP contribution < -0.4 is 10.2 Å². The molecule has 0 saturated carbocycles. The maximum atomic E-state index is 4.88. The summed E-state index contributed by atoms with van der Waals surface area (Å²) in [5, 5.41) is 3.46. The van der Waals surface area contributed by atoms with Crippen LogP contribution in [0.1, 0.15) is 40.0 Å². The highest BCUT2D eigenvalue weighted by Gasteiger charge is 2.20. The molecule has 7 heteroatoms. The van der Waals surface area contributed by atoms with Crippen molar-refractivity contribution in [3.8, 4) is 0 Å². The fourth-order valence-electron chi connectivity index (χ4n) is 3.45. The molecule has 0 spiro atoms. The second-order valence-electron chi connectivity index (χ2n) is 6.95. The lowest BCUT2D eigenvalue weighted by molar-refractivity contribution is 0.273. The number of nitrogens with zero attached hydrogens (tertiary/aromatic N) is 6. The quantitative estimate of drug-likeness (QED) is 0.384. The standard InChI is InChI=1S/C20H37N7/c1-4-12-25(13-5-2)14-8-11-24-19(21-6-3)26-15-17-27(18-16-26)20-22-9-7-10-23-20/h7,9-10H,4-6,8,11-18H2,1-3H3,(H,21,24). The van der Waals surface area contributed by atoms with Crippen molar-refractivity contribution >= 4 is 11.9 Å². The Labute approximate surface area is 164 Å². The van der Waals surface area contributed by atoms with Crippen LogP contribution in [-0.2, 0) is 0 Å². The van der Waals surface area contributed by atoms with E-state index in [4.69, 9.17) is 4.99 Å². The highest BCUT2D eigenvalue weighted by atomic mass is 15.4. The van der Waals surface area contributed by atoms with Crippen molar-refractivity contribution in [3.05, 3.63) is 18.5 Å². The molecule has 0 atom stereocenters. The Morgan fingerprint density at radius 2 is 1.70 bits per heavy atom. The number of guanidine groups is 1. The summed E-state index contributed by atoms with van der Waals surface area (Å²) in [7, 11) is 0. The average Bonchev–Trinajstić information content (AvgIpc) is 2.71. The lowest BCUT2D eigenvalue weighted by Gasteiger charge is -2.36. The summed E-state index contributed by atoms with van der Waals surface area (Å²) in [6, 6.07) is 1.86. The minimum absolute atomic E-state index is 0.825. The topological polar surface area (TPSA) is 59.9 Å². The van der Waals surface area contributed by atoms with Gasteiger partial charge in [-0.25, -0.2) is 9.97 Å². The molecule has 1 aliphatic rings. The van der Waals surface area contributed by atoms with Gasteiger partial charge in [-0.1, -0.05) is 13.8 Å². The van der Waals surface area contributed by atoms with E-state index in [0.717, 1.165) is 64.1 Å². The van der Waals surface area contributed by atoms with E-state index in [9.17, 15) is 0 Å². The second kappa shape index (κ2) is 12.5. The Kier molecular flexibility index (Phi) is 9.90. The van der Waals surface area contributed by atoms with Crippen molar-refractivity contribution in [1.29, 1.82) is 0 Å². The highest BCUT2D eigenvalue weighted by Crippen LogP contribution is 2.10. The molecule has 1 aliphatic heterocycles. The van der Waals surface area contributed by atoms with Gasteiger partial charge in [0.1, 0.15) is 0 Å². The maximum absolute atomic E-state index is 4.88. The molecule has 2 heterocycles. The first-order chi connectivity index (χ1) is 13.3. The first kappa shape index (κ1) is 21.4. The van der Waals surface area contributed by atoms with Gasteiger partial charge in [-0.3, -0.25) is 4.99 Å². The van der Waals surface area contributed by atoms with Gasteiger partial charge in [0.2, 0.25) is 5.95 Å². The number of piperazine rings is 1. The van der Waals surface area contributed by atoms with Gasteiger partial charge in [-0.05, 0) is 51.9 Å². The van der Waals surface area contributed by atoms with Crippen LogP contribution in [0.2, 0.25) is 0 Å². The van der Waals surface area contributed by atoms with Crippen molar-refractivity contribution in [2.75, 3.05) is 63.8 Å². The van der Waals surface area contributed by atoms with E-state index in [0.29, 0.717) is 0 Å². The second-order valence-corrected chi connectivity index (χ2v) is 6.95. The number of nitrogens with one attached hydrogen (secondary N) is 1. The van der Waals surface area contributed by atoms with Crippen LogP contribution in [0.3, 0.4) is 0 Å². The third kappa shape index (κ3) is 7.33. The zero-order chi connectivity index (χ0) is 19.3. The Morgan fingerprint density at radius 3 is 2.30 bits per heavy atom. The largest absolute Gasteiger partial charge is 0.357 e. The summed E-state index contributed by atoms with van der Waals surface area (Å²) in [5.41, 5.74) is 0. The zero-order valence-corrected chi connectivity index (χ0v) is 17.4. The van der Waals surface area contributed by atoms with E-state index in [1.807, 2.05) is 6.07 Å². The predicted molar refractivity (Wildman–Crippen MR) is 113 cm³/mol. The van der Waals surface area contributed by atoms with Gasteiger partial charge in [0, 0.05) is 51.7 Å². The summed E-state index contributed by atoms with van der Waals surface area (Å²) in [6.45, 7) is 15.7. The fraction of sp³-hybridized carbons (Fsp3) is 0.750. The van der Waals surface area contributed by atoms with Crippen molar-refractivity contribution in [1.82, 2.24) is 25.1 Å². The molecule has 0 amide bonds. The van der Waals surface area contributed by atoms with Crippen molar-refractivity contribution < 1.29 is 0 Å². The molecule has 1 N–H and O–H groups in total. The molecule has 27 heavy (non-hydrogen) atoms. The van der Waals surface area contributed by atoms with E-state index in [1.165, 1.54) is 25.9 Å². The third-order valence-electron chi connectivity index (χ3n) is 4.72. The highest BCUT2D eigenvalue weighted by molar-refractivity contribution is 5.80. The number of aliphatic imine (C=N–C) groups is 1. The number of hydrogen-bond donors (Lipinski definition) is 1. The van der Waals surface area contributed by atoms with Gasteiger partial charge in [-0.15, -0.1) is 0 Å². The minimum atomic E-state index is 0.825. The molecule has 1 fully saturated rings. The molecule has 7 nitrogen and oxygen atoms in total. The SMILES string of the molecule is CCCN(CCC)CCCN=C(NCC)N1CCN(c2ncccn2)CC1. The zero-order valence-electron chi connectivity index (χ0n) is 17.4. The van der Waals surface area contributed by atoms with Crippen molar-refractivity contribution in [3.63, 3.8) is 0 Å². The maximum Gasteiger partial charge on any atom is 0.225 e. The Bertz CT molecular complexity index is 520. The summed E-state index contributed by atoms with van der Waals surface area (Å²) in [6.07, 6.45) is 7.18. The predicted octanol–water partition coefficient (Wildman–Crippen LogP) is 2.08. The van der Waals surface area contributed by atoms with E-state index >= 15 is 0 Å². The first-order valence-electron chi connectivity index (χ1n) is 10.6. The van der Waals surface area contributed by atoms with Crippen LogP contribution >= 0.6 is 0 Å². The minimum Gasteiger partial charge on any atom is -0.357 e. The number of anilines is 1. The summed E-state index contributed by atoms with van der Waals surface area (Å²) in [4.78, 5) is 20.8. The molecule has 152 valence electrons. The molecule has 0 unspecified atom stereocenters. The molecular formula is C20H37N7. The molecular weight excluding hydrogens is 338 g/mol. The molecule has 0 aliphatic carbocycles. The Balaban J connectivity index is 1.81. The van der Waals surface area contributed by atoms with Gasteiger partial charge in [-0.2, -0.15) is 0 Å². The van der Waals surface area contributed by atoms with Gasteiger partial charge in [0.25, 0.3) is 0 Å². The lowest BCUT2D eigenvalue weighted by atomic mass is 10.3. The van der Waals surface area contributed by atoms with Gasteiger partial charge < -0.3 is 20.0 Å². The average molecular weight is 376 g/mol. The number of hydrogen-bond acceptors (Lipinski definition) is 5. The fourth-order valence-corrected chi connectivity index (χ4v) is 3.45. The molecule has 0 radical (unpaired) electrons. The van der Waals surface area contributed by atoms with Crippen molar-refractivity contribution in [2.24, 2.45) is 4.99 Å².